The molecule has 0 unspecified atom stereocenters. The number of aliphatic imine (C=N–C) groups is 2. The third-order valence-corrected chi connectivity index (χ3v) is 7.61. The summed E-state index contributed by atoms with van der Waals surface area (Å²) in [5.41, 5.74) is 1.18. The summed E-state index contributed by atoms with van der Waals surface area (Å²) in [5.74, 6) is 0.319. The molecular formula is C24H29FN6O3. The molecule has 1 spiro atoms. The first-order valence-corrected chi connectivity index (χ1v) is 11.9. The first-order chi connectivity index (χ1) is 16.4. The van der Waals surface area contributed by atoms with E-state index >= 15 is 4.39 Å². The Bertz CT molecular complexity index is 1190. The minimum Gasteiger partial charge on any atom is -0.372 e. The van der Waals surface area contributed by atoms with Crippen LogP contribution < -0.4 is 9.80 Å². The van der Waals surface area contributed by atoms with Crippen LogP contribution in [0.1, 0.15) is 26.3 Å². The second kappa shape index (κ2) is 7.76. The molecule has 0 N–H and O–H groups in total. The van der Waals surface area contributed by atoms with Crippen LogP contribution in [0.5, 0.6) is 0 Å². The number of piperazine rings is 1. The third kappa shape index (κ3) is 3.14. The Kier molecular flexibility index (Phi) is 4.91. The lowest BCUT2D eigenvalue weighted by molar-refractivity contribution is -0.129. The number of aromatic nitrogens is 1. The van der Waals surface area contributed by atoms with E-state index in [0.717, 1.165) is 5.56 Å². The lowest BCUT2D eigenvalue weighted by Crippen LogP contribution is -2.65. The number of amides is 1. The highest BCUT2D eigenvalue weighted by Gasteiger charge is 2.52. The molecular weight excluding hydrogens is 439 g/mol. The molecule has 4 aliphatic heterocycles. The molecule has 34 heavy (non-hydrogen) atoms. The Morgan fingerprint density at radius 2 is 1.91 bits per heavy atom. The molecule has 0 aliphatic carbocycles. The Balaban J connectivity index is 1.45. The third-order valence-electron chi connectivity index (χ3n) is 7.61. The number of benzene rings is 1. The molecule has 2 saturated heterocycles. The number of halogens is 1. The quantitative estimate of drug-likeness (QED) is 0.638. The lowest BCUT2D eigenvalue weighted by atomic mass is 9.69. The second-order valence-electron chi connectivity index (χ2n) is 9.88. The Morgan fingerprint density at radius 3 is 2.62 bits per heavy atom. The second-order valence-corrected chi connectivity index (χ2v) is 9.88. The van der Waals surface area contributed by atoms with Crippen molar-refractivity contribution in [1.82, 2.24) is 10.1 Å². The normalized spacial score (nSPS) is 27.9. The van der Waals surface area contributed by atoms with E-state index in [-0.39, 0.29) is 35.6 Å². The van der Waals surface area contributed by atoms with Crippen LogP contribution in [0.15, 0.2) is 20.6 Å². The van der Waals surface area contributed by atoms with Gasteiger partial charge in [0.15, 0.2) is 11.6 Å². The van der Waals surface area contributed by atoms with Crippen LogP contribution >= 0.6 is 0 Å². The lowest BCUT2D eigenvalue weighted by Gasteiger charge is -2.54. The number of fused-ring (bicyclic) bond motifs is 5. The van der Waals surface area contributed by atoms with E-state index in [1.165, 1.54) is 0 Å². The van der Waals surface area contributed by atoms with E-state index < -0.39 is 5.41 Å². The van der Waals surface area contributed by atoms with Gasteiger partial charge in [-0.3, -0.25) is 14.8 Å². The molecule has 2 fully saturated rings. The number of hydrogen-bond acceptors (Lipinski definition) is 8. The first kappa shape index (κ1) is 21.5. The maximum absolute atomic E-state index is 16.1. The van der Waals surface area contributed by atoms with Crippen molar-refractivity contribution in [2.24, 2.45) is 15.4 Å². The van der Waals surface area contributed by atoms with Crippen LogP contribution in [0.2, 0.25) is 0 Å². The molecule has 1 amide bonds. The van der Waals surface area contributed by atoms with Gasteiger partial charge >= 0.3 is 0 Å². The van der Waals surface area contributed by atoms with Crippen molar-refractivity contribution in [1.29, 1.82) is 0 Å². The highest BCUT2D eigenvalue weighted by atomic mass is 19.1. The van der Waals surface area contributed by atoms with Crippen molar-refractivity contribution in [2.45, 2.75) is 45.4 Å². The van der Waals surface area contributed by atoms with Crippen molar-refractivity contribution in [3.63, 3.8) is 0 Å². The largest absolute Gasteiger partial charge is 0.372 e. The SMILES string of the molecule is CC(=O)N1CCN(c2noc3c(F)c4c(cc23)CC2(C=NCN=C2)[C@@H]2[C@@H](C)O[C@@H](C)CN42)CC1. The van der Waals surface area contributed by atoms with Crippen LogP contribution in [0, 0.1) is 11.2 Å². The van der Waals surface area contributed by atoms with Crippen molar-refractivity contribution in [3.05, 3.63) is 17.4 Å². The number of rotatable bonds is 1. The van der Waals surface area contributed by atoms with Gasteiger partial charge in [0.25, 0.3) is 0 Å². The Labute approximate surface area is 197 Å². The van der Waals surface area contributed by atoms with Crippen LogP contribution in [0.4, 0.5) is 15.9 Å². The number of nitrogens with zero attached hydrogens (tertiary/aromatic N) is 6. The smallest absolute Gasteiger partial charge is 0.219 e. The standard InChI is InChI=1S/C24H29FN6O3/c1-14-10-31-20-17(9-24(11-26-13-27-12-24)22(31)15(2)33-14)8-18-21(19(20)25)34-28-23(18)30-6-4-29(5-7-30)16(3)32/h8,11-12,14-15,22H,4-7,9-10,13H2,1-3H3/t14-,15+,22-/m0/s1. The number of hydrogen-bond donors (Lipinski definition) is 0. The molecule has 1 aromatic heterocycles. The molecule has 0 radical (unpaired) electrons. The molecule has 2 aromatic rings. The van der Waals surface area contributed by atoms with Crippen molar-refractivity contribution in [2.75, 3.05) is 49.2 Å². The molecule has 0 bridgehead atoms. The van der Waals surface area contributed by atoms with Crippen LogP contribution in [0.25, 0.3) is 11.0 Å². The summed E-state index contributed by atoms with van der Waals surface area (Å²) in [6.07, 6.45) is 4.38. The number of morpholine rings is 1. The van der Waals surface area contributed by atoms with Gasteiger partial charge in [-0.1, -0.05) is 5.16 Å². The zero-order valence-electron chi connectivity index (χ0n) is 19.7. The van der Waals surface area contributed by atoms with Crippen molar-refractivity contribution >= 4 is 40.8 Å². The molecule has 0 saturated carbocycles. The fourth-order valence-corrected chi connectivity index (χ4v) is 6.24. The minimum atomic E-state index is -0.463. The predicted molar refractivity (Wildman–Crippen MR) is 128 cm³/mol. The molecule has 1 aromatic carbocycles. The van der Waals surface area contributed by atoms with E-state index in [9.17, 15) is 4.79 Å². The van der Waals surface area contributed by atoms with Crippen LogP contribution in [-0.4, -0.2) is 86.0 Å². The molecule has 4 aliphatic rings. The highest BCUT2D eigenvalue weighted by Crippen LogP contribution is 2.48. The van der Waals surface area contributed by atoms with Gasteiger partial charge in [-0.05, 0) is 31.9 Å². The van der Waals surface area contributed by atoms with E-state index in [1.807, 2.05) is 37.2 Å². The average molecular weight is 469 g/mol. The minimum absolute atomic E-state index is 0.0373. The maximum atomic E-state index is 16.1. The van der Waals surface area contributed by atoms with Crippen molar-refractivity contribution in [3.8, 4) is 0 Å². The molecule has 6 rings (SSSR count). The van der Waals surface area contributed by atoms with E-state index in [2.05, 4.69) is 24.9 Å². The molecule has 180 valence electrons. The molecule has 3 atom stereocenters. The Hall–Kier alpha value is -3.01. The summed E-state index contributed by atoms with van der Waals surface area (Å²) in [4.78, 5) is 26.7. The van der Waals surface area contributed by atoms with Gasteiger partial charge < -0.3 is 24.0 Å². The average Bonchev–Trinajstić information content (AvgIpc) is 3.23. The summed E-state index contributed by atoms with van der Waals surface area (Å²) in [6.45, 7) is 9.10. The van der Waals surface area contributed by atoms with E-state index in [1.54, 1.807) is 6.92 Å². The van der Waals surface area contributed by atoms with Crippen molar-refractivity contribution < 1.29 is 18.4 Å². The molecule has 5 heterocycles. The van der Waals surface area contributed by atoms with Gasteiger partial charge in [-0.25, -0.2) is 4.39 Å². The summed E-state index contributed by atoms with van der Waals surface area (Å²) >= 11 is 0. The number of carbonyl (C=O) groups is 1. The predicted octanol–water partition coefficient (Wildman–Crippen LogP) is 2.27. The van der Waals surface area contributed by atoms with Crippen LogP contribution in [0.3, 0.4) is 0 Å². The summed E-state index contributed by atoms with van der Waals surface area (Å²) < 4.78 is 27.9. The number of carbonyl (C=O) groups excluding carboxylic acids is 1. The number of anilines is 2. The topological polar surface area (TPSA) is 86.8 Å². The fourth-order valence-electron chi connectivity index (χ4n) is 6.24. The maximum Gasteiger partial charge on any atom is 0.219 e. The fraction of sp³-hybridized carbons (Fsp3) is 0.583. The highest BCUT2D eigenvalue weighted by molar-refractivity contribution is 5.98. The van der Waals surface area contributed by atoms with Gasteiger partial charge in [-0.15, -0.1) is 0 Å². The van der Waals surface area contributed by atoms with Gasteiger partial charge in [0.05, 0.1) is 34.7 Å². The van der Waals surface area contributed by atoms with Gasteiger partial charge in [0.1, 0.15) is 6.67 Å². The zero-order chi connectivity index (χ0) is 23.6. The van der Waals surface area contributed by atoms with E-state index in [4.69, 9.17) is 9.26 Å². The molecule has 10 heteroatoms. The van der Waals surface area contributed by atoms with Gasteiger partial charge in [0.2, 0.25) is 11.5 Å². The zero-order valence-corrected chi connectivity index (χ0v) is 19.7. The van der Waals surface area contributed by atoms with Crippen LogP contribution in [-0.2, 0) is 16.0 Å². The first-order valence-electron chi connectivity index (χ1n) is 11.9. The van der Waals surface area contributed by atoms with E-state index in [0.29, 0.717) is 62.7 Å². The summed E-state index contributed by atoms with van der Waals surface area (Å²) in [6, 6.07) is 1.91. The summed E-state index contributed by atoms with van der Waals surface area (Å²) in [7, 11) is 0. The summed E-state index contributed by atoms with van der Waals surface area (Å²) in [5, 5.41) is 4.94. The Morgan fingerprint density at radius 1 is 1.18 bits per heavy atom. The molecule has 9 nitrogen and oxygen atoms in total. The van der Waals surface area contributed by atoms with Gasteiger partial charge in [-0.2, -0.15) is 0 Å². The monoisotopic (exact) mass is 468 g/mol. The van der Waals surface area contributed by atoms with Gasteiger partial charge in [0, 0.05) is 52.1 Å². The number of ether oxygens (including phenoxy) is 1.